The third-order valence-corrected chi connectivity index (χ3v) is 7.68. The van der Waals surface area contributed by atoms with Gasteiger partial charge in [0.2, 0.25) is 11.8 Å². The van der Waals surface area contributed by atoms with E-state index in [1.807, 2.05) is 30.5 Å². The summed E-state index contributed by atoms with van der Waals surface area (Å²) in [7, 11) is 1.61. The van der Waals surface area contributed by atoms with Crippen molar-refractivity contribution in [3.05, 3.63) is 92.4 Å². The number of halogens is 2. The fourth-order valence-electron chi connectivity index (χ4n) is 5.29. The predicted molar refractivity (Wildman–Crippen MR) is 142 cm³/mol. The smallest absolute Gasteiger partial charge is 0.243 e. The van der Waals surface area contributed by atoms with Gasteiger partial charge in [0.25, 0.3) is 0 Å². The monoisotopic (exact) mass is 567 g/mol. The van der Waals surface area contributed by atoms with E-state index in [2.05, 4.69) is 43.3 Å². The molecule has 1 N–H and O–H groups in total. The molecule has 0 bridgehead atoms. The largest absolute Gasteiger partial charge is 0.357 e. The summed E-state index contributed by atoms with van der Waals surface area (Å²) in [6, 6.07) is 11.1. The SMILES string of the molecule is CNC(=O)C1CN(C2c3ccc(Cl)cc3CCc3cc(Br)cnc32)CCN1C(=O)Cc1cccnc1. The van der Waals surface area contributed by atoms with E-state index >= 15 is 0 Å². The summed E-state index contributed by atoms with van der Waals surface area (Å²) in [5.74, 6) is -0.250. The Kier molecular flexibility index (Phi) is 7.37. The molecule has 1 aromatic carbocycles. The van der Waals surface area contributed by atoms with Crippen molar-refractivity contribution in [1.82, 2.24) is 25.1 Å². The van der Waals surface area contributed by atoms with E-state index in [1.165, 1.54) is 11.1 Å². The lowest BCUT2D eigenvalue weighted by molar-refractivity contribution is -0.143. The molecular weight excluding hydrogens is 542 g/mol. The zero-order valence-corrected chi connectivity index (χ0v) is 22.3. The van der Waals surface area contributed by atoms with Crippen LogP contribution in [0.5, 0.6) is 0 Å². The number of rotatable bonds is 4. The number of fused-ring (bicyclic) bond motifs is 2. The van der Waals surface area contributed by atoms with Gasteiger partial charge in [-0.1, -0.05) is 23.7 Å². The molecule has 9 heteroatoms. The van der Waals surface area contributed by atoms with E-state index in [0.29, 0.717) is 24.7 Å². The van der Waals surface area contributed by atoms with E-state index in [1.54, 1.807) is 24.3 Å². The number of likely N-dealkylation sites (N-methyl/N-ethyl adjacent to an activating group) is 1. The lowest BCUT2D eigenvalue weighted by Crippen LogP contribution is -2.61. The lowest BCUT2D eigenvalue weighted by Gasteiger charge is -2.44. The van der Waals surface area contributed by atoms with Gasteiger partial charge in [-0.05, 0) is 75.3 Å². The van der Waals surface area contributed by atoms with E-state index in [-0.39, 0.29) is 24.3 Å². The van der Waals surface area contributed by atoms with Crippen molar-refractivity contribution in [1.29, 1.82) is 0 Å². The Hall–Kier alpha value is -2.81. The van der Waals surface area contributed by atoms with E-state index in [0.717, 1.165) is 34.1 Å². The molecule has 2 atom stereocenters. The average molecular weight is 569 g/mol. The highest BCUT2D eigenvalue weighted by Crippen LogP contribution is 2.38. The summed E-state index contributed by atoms with van der Waals surface area (Å²) < 4.78 is 0.943. The van der Waals surface area contributed by atoms with Crippen LogP contribution >= 0.6 is 27.5 Å². The van der Waals surface area contributed by atoms with Crippen LogP contribution in [0.25, 0.3) is 0 Å². The normalized spacial score (nSPS) is 19.7. The Labute approximate surface area is 224 Å². The number of hydrogen-bond acceptors (Lipinski definition) is 5. The van der Waals surface area contributed by atoms with Gasteiger partial charge in [-0.3, -0.25) is 24.5 Å². The van der Waals surface area contributed by atoms with E-state index in [4.69, 9.17) is 16.6 Å². The first kappa shape index (κ1) is 24.9. The molecule has 2 aliphatic rings. The van der Waals surface area contributed by atoms with Gasteiger partial charge in [0.15, 0.2) is 0 Å². The van der Waals surface area contributed by atoms with Crippen LogP contribution in [0.2, 0.25) is 5.02 Å². The molecule has 7 nitrogen and oxygen atoms in total. The molecule has 3 aromatic rings. The van der Waals surface area contributed by atoms with Gasteiger partial charge in [-0.2, -0.15) is 0 Å². The first-order valence-corrected chi connectivity index (χ1v) is 13.2. The van der Waals surface area contributed by atoms with Gasteiger partial charge in [0, 0.05) is 54.8 Å². The second-order valence-corrected chi connectivity index (χ2v) is 10.5. The quantitative estimate of drug-likeness (QED) is 0.521. The molecule has 36 heavy (non-hydrogen) atoms. The number of aryl methyl sites for hydroxylation is 2. The summed E-state index contributed by atoms with van der Waals surface area (Å²) in [4.78, 5) is 39.3. The molecule has 3 heterocycles. The second kappa shape index (κ2) is 10.7. The predicted octanol–water partition coefficient (Wildman–Crippen LogP) is 3.58. The van der Waals surface area contributed by atoms with Gasteiger partial charge in [0.05, 0.1) is 18.2 Å². The Morgan fingerprint density at radius 2 is 1.97 bits per heavy atom. The molecule has 0 saturated carbocycles. The molecular formula is C27H27BrClN5O2. The van der Waals surface area contributed by atoms with Crippen LogP contribution in [-0.4, -0.2) is 64.3 Å². The van der Waals surface area contributed by atoms with Gasteiger partial charge in [-0.15, -0.1) is 0 Å². The van der Waals surface area contributed by atoms with Crippen molar-refractivity contribution in [2.24, 2.45) is 0 Å². The molecule has 1 saturated heterocycles. The van der Waals surface area contributed by atoms with Gasteiger partial charge < -0.3 is 10.2 Å². The number of hydrogen-bond donors (Lipinski definition) is 1. The van der Waals surface area contributed by atoms with Crippen molar-refractivity contribution in [3.63, 3.8) is 0 Å². The van der Waals surface area contributed by atoms with Crippen LogP contribution in [0.3, 0.4) is 0 Å². The Morgan fingerprint density at radius 1 is 1.14 bits per heavy atom. The number of nitrogens with zero attached hydrogens (tertiary/aromatic N) is 4. The molecule has 186 valence electrons. The van der Waals surface area contributed by atoms with Gasteiger partial charge in [-0.25, -0.2) is 0 Å². The molecule has 2 amide bonds. The second-order valence-electron chi connectivity index (χ2n) is 9.19. The maximum Gasteiger partial charge on any atom is 0.243 e. The Bertz CT molecular complexity index is 1230. The minimum Gasteiger partial charge on any atom is -0.357 e. The molecule has 2 unspecified atom stereocenters. The fourth-order valence-corrected chi connectivity index (χ4v) is 5.86. The number of carbonyl (C=O) groups excluding carboxylic acids is 2. The van der Waals surface area contributed by atoms with Crippen LogP contribution in [0.1, 0.15) is 34.0 Å². The molecule has 1 aliphatic heterocycles. The highest BCUT2D eigenvalue weighted by molar-refractivity contribution is 9.10. The van der Waals surface area contributed by atoms with E-state index < -0.39 is 6.04 Å². The maximum absolute atomic E-state index is 13.3. The Morgan fingerprint density at radius 3 is 2.75 bits per heavy atom. The summed E-state index contributed by atoms with van der Waals surface area (Å²) in [5.41, 5.74) is 5.34. The highest BCUT2D eigenvalue weighted by atomic mass is 79.9. The lowest BCUT2D eigenvalue weighted by atomic mass is 9.95. The zero-order valence-electron chi connectivity index (χ0n) is 20.0. The van der Waals surface area contributed by atoms with Crippen LogP contribution in [0.4, 0.5) is 0 Å². The van der Waals surface area contributed by atoms with Gasteiger partial charge >= 0.3 is 0 Å². The number of piperazine rings is 1. The molecule has 1 aliphatic carbocycles. The summed E-state index contributed by atoms with van der Waals surface area (Å²) in [6.07, 6.45) is 7.13. The number of carbonyl (C=O) groups is 2. The molecule has 0 spiro atoms. The van der Waals surface area contributed by atoms with Crippen LogP contribution < -0.4 is 5.32 Å². The standard InChI is InChI=1S/C27H27BrClN5O2/c1-30-27(36)23-16-33(9-10-34(23)24(35)11-17-3-2-8-31-14-17)26-22-7-6-21(29)13-18(22)4-5-19-12-20(28)15-32-25(19)26/h2-3,6-8,12-15,23,26H,4-5,9-11,16H2,1H3,(H,30,36). The number of pyridine rings is 2. The van der Waals surface area contributed by atoms with Gasteiger partial charge in [0.1, 0.15) is 6.04 Å². The molecule has 1 fully saturated rings. The summed E-state index contributed by atoms with van der Waals surface area (Å²) >= 11 is 9.93. The minimum atomic E-state index is -0.606. The number of nitrogens with one attached hydrogen (secondary N) is 1. The molecule has 2 aromatic heterocycles. The van der Waals surface area contributed by atoms with Crippen LogP contribution in [0, 0.1) is 0 Å². The van der Waals surface area contributed by atoms with Crippen molar-refractivity contribution in [3.8, 4) is 0 Å². The van der Waals surface area contributed by atoms with Crippen molar-refractivity contribution in [2.45, 2.75) is 31.3 Å². The number of amides is 2. The van der Waals surface area contributed by atoms with Crippen LogP contribution in [0.15, 0.2) is 59.5 Å². The first-order chi connectivity index (χ1) is 17.4. The number of benzene rings is 1. The number of aromatic nitrogens is 2. The van der Waals surface area contributed by atoms with E-state index in [9.17, 15) is 9.59 Å². The average Bonchev–Trinajstić information content (AvgIpc) is 3.04. The highest BCUT2D eigenvalue weighted by Gasteiger charge is 2.40. The molecule has 0 radical (unpaired) electrons. The maximum atomic E-state index is 13.3. The van der Waals surface area contributed by atoms with Crippen molar-refractivity contribution >= 4 is 39.3 Å². The zero-order chi connectivity index (χ0) is 25.2. The third kappa shape index (κ3) is 5.03. The summed E-state index contributed by atoms with van der Waals surface area (Å²) in [6.45, 7) is 1.47. The minimum absolute atomic E-state index is 0.0771. The molecule has 5 rings (SSSR count). The summed E-state index contributed by atoms with van der Waals surface area (Å²) in [5, 5.41) is 3.47. The third-order valence-electron chi connectivity index (χ3n) is 7.01. The van der Waals surface area contributed by atoms with Crippen LogP contribution in [-0.2, 0) is 28.9 Å². The topological polar surface area (TPSA) is 78.4 Å². The first-order valence-electron chi connectivity index (χ1n) is 12.0. The van der Waals surface area contributed by atoms with Crippen molar-refractivity contribution in [2.75, 3.05) is 26.7 Å². The fraction of sp³-hybridized carbons (Fsp3) is 0.333. The Balaban J connectivity index is 1.49. The van der Waals surface area contributed by atoms with Crippen molar-refractivity contribution < 1.29 is 9.59 Å².